The Morgan fingerprint density at radius 1 is 1.29 bits per heavy atom. The van der Waals surface area contributed by atoms with Gasteiger partial charge in [-0.25, -0.2) is 0 Å². The molecule has 0 aliphatic heterocycles. The van der Waals surface area contributed by atoms with Crippen LogP contribution in [0.15, 0.2) is 30.3 Å². The van der Waals surface area contributed by atoms with Gasteiger partial charge in [-0.05, 0) is 25.5 Å². The molecule has 1 aromatic carbocycles. The fourth-order valence-corrected chi connectivity index (χ4v) is 1.12. The van der Waals surface area contributed by atoms with Crippen LogP contribution < -0.4 is 10.5 Å². The molecule has 1 rings (SSSR count). The third-order valence-corrected chi connectivity index (χ3v) is 2.53. The van der Waals surface area contributed by atoms with Gasteiger partial charge in [-0.2, -0.15) is 0 Å². The smallest absolute Gasteiger partial charge is 0.325 e. The van der Waals surface area contributed by atoms with Crippen LogP contribution in [0, 0.1) is 0 Å². The lowest BCUT2D eigenvalue weighted by atomic mass is 10.0. The van der Waals surface area contributed by atoms with E-state index >= 15 is 0 Å². The molecule has 0 radical (unpaired) electrons. The molecule has 0 aliphatic rings. The number of hydrogen-bond acceptors (Lipinski definition) is 4. The van der Waals surface area contributed by atoms with E-state index in [9.17, 15) is 4.79 Å². The van der Waals surface area contributed by atoms with Crippen molar-refractivity contribution in [3.8, 4) is 5.75 Å². The minimum absolute atomic E-state index is 0.209. The summed E-state index contributed by atoms with van der Waals surface area (Å²) in [7, 11) is 0. The lowest BCUT2D eigenvalue weighted by molar-refractivity contribution is -0.150. The summed E-state index contributed by atoms with van der Waals surface area (Å²) in [4.78, 5) is 11.5. The predicted octanol–water partition coefficient (Wildman–Crippen LogP) is 1.74. The van der Waals surface area contributed by atoms with E-state index in [0.29, 0.717) is 13.0 Å². The van der Waals surface area contributed by atoms with Gasteiger partial charge in [0.05, 0.1) is 0 Å². The molecule has 0 saturated heterocycles. The first kappa shape index (κ1) is 13.5. The van der Waals surface area contributed by atoms with Gasteiger partial charge in [0.25, 0.3) is 0 Å². The highest BCUT2D eigenvalue weighted by atomic mass is 16.6. The predicted molar refractivity (Wildman–Crippen MR) is 65.8 cm³/mol. The van der Waals surface area contributed by atoms with Crippen LogP contribution in [-0.4, -0.2) is 24.7 Å². The van der Waals surface area contributed by atoms with Crippen molar-refractivity contribution < 1.29 is 14.3 Å². The molecule has 2 N–H and O–H groups in total. The largest absolute Gasteiger partial charge is 0.490 e. The van der Waals surface area contributed by atoms with Crippen molar-refractivity contribution in [3.63, 3.8) is 0 Å². The number of ether oxygens (including phenoxy) is 2. The zero-order chi connectivity index (χ0) is 12.7. The summed E-state index contributed by atoms with van der Waals surface area (Å²) in [5, 5.41) is 0. The summed E-state index contributed by atoms with van der Waals surface area (Å²) in [6.45, 7) is 4.05. The minimum Gasteiger partial charge on any atom is -0.490 e. The van der Waals surface area contributed by atoms with E-state index in [1.165, 1.54) is 0 Å². The average Bonchev–Trinajstić information content (AvgIpc) is 2.35. The Morgan fingerprint density at radius 3 is 2.53 bits per heavy atom. The number of rotatable bonds is 6. The molecule has 0 spiro atoms. The van der Waals surface area contributed by atoms with Crippen molar-refractivity contribution in [3.05, 3.63) is 30.3 Å². The molecule has 94 valence electrons. The molecule has 1 atom stereocenters. The standard InChI is InChI=1S/C13H19NO3/c1-3-13(2,14)12(15)17-10-9-16-11-7-5-4-6-8-11/h4-8H,3,9-10,14H2,1-2H3. The second-order valence-electron chi connectivity index (χ2n) is 4.07. The molecule has 0 fully saturated rings. The summed E-state index contributed by atoms with van der Waals surface area (Å²) in [6, 6.07) is 9.38. The average molecular weight is 237 g/mol. The van der Waals surface area contributed by atoms with Crippen LogP contribution in [0.1, 0.15) is 20.3 Å². The zero-order valence-corrected chi connectivity index (χ0v) is 10.3. The van der Waals surface area contributed by atoms with E-state index in [1.54, 1.807) is 6.92 Å². The molecule has 0 saturated carbocycles. The van der Waals surface area contributed by atoms with Gasteiger partial charge < -0.3 is 15.2 Å². The molecule has 1 unspecified atom stereocenters. The first-order chi connectivity index (χ1) is 8.06. The Bertz CT molecular complexity index is 349. The molecule has 0 bridgehead atoms. The Morgan fingerprint density at radius 2 is 1.94 bits per heavy atom. The fraction of sp³-hybridized carbons (Fsp3) is 0.462. The first-order valence-electron chi connectivity index (χ1n) is 5.70. The molecule has 0 amide bonds. The van der Waals surface area contributed by atoms with Gasteiger partial charge in [-0.15, -0.1) is 0 Å². The molecule has 0 heterocycles. The fourth-order valence-electron chi connectivity index (χ4n) is 1.12. The number of esters is 1. The molecule has 1 aromatic rings. The lowest BCUT2D eigenvalue weighted by Gasteiger charge is -2.20. The summed E-state index contributed by atoms with van der Waals surface area (Å²) >= 11 is 0. The van der Waals surface area contributed by atoms with Gasteiger partial charge in [0, 0.05) is 0 Å². The van der Waals surface area contributed by atoms with Crippen molar-refractivity contribution >= 4 is 5.97 Å². The third-order valence-electron chi connectivity index (χ3n) is 2.53. The third kappa shape index (κ3) is 4.44. The van der Waals surface area contributed by atoms with E-state index in [1.807, 2.05) is 37.3 Å². The van der Waals surface area contributed by atoms with Crippen LogP contribution in [0.3, 0.4) is 0 Å². The Kier molecular flexibility index (Phi) is 4.97. The van der Waals surface area contributed by atoms with E-state index < -0.39 is 11.5 Å². The van der Waals surface area contributed by atoms with Gasteiger partial charge in [0.2, 0.25) is 0 Å². The Hall–Kier alpha value is -1.55. The van der Waals surface area contributed by atoms with Crippen molar-refractivity contribution in [2.45, 2.75) is 25.8 Å². The maximum atomic E-state index is 11.5. The van der Waals surface area contributed by atoms with Crippen LogP contribution in [-0.2, 0) is 9.53 Å². The number of para-hydroxylation sites is 1. The normalized spacial score (nSPS) is 13.8. The van der Waals surface area contributed by atoms with Gasteiger partial charge in [0.15, 0.2) is 0 Å². The monoisotopic (exact) mass is 237 g/mol. The van der Waals surface area contributed by atoms with Gasteiger partial charge in [-0.3, -0.25) is 4.79 Å². The van der Waals surface area contributed by atoms with Crippen LogP contribution in [0.4, 0.5) is 0 Å². The second kappa shape index (κ2) is 6.25. The molecule has 4 heteroatoms. The highest BCUT2D eigenvalue weighted by Gasteiger charge is 2.27. The number of carbonyl (C=O) groups is 1. The van der Waals surface area contributed by atoms with Crippen LogP contribution in [0.5, 0.6) is 5.75 Å². The number of nitrogens with two attached hydrogens (primary N) is 1. The van der Waals surface area contributed by atoms with Crippen molar-refractivity contribution in [1.82, 2.24) is 0 Å². The maximum Gasteiger partial charge on any atom is 0.325 e. The lowest BCUT2D eigenvalue weighted by Crippen LogP contribution is -2.45. The molecule has 4 nitrogen and oxygen atoms in total. The topological polar surface area (TPSA) is 61.6 Å². The van der Waals surface area contributed by atoms with Crippen LogP contribution >= 0.6 is 0 Å². The number of benzene rings is 1. The van der Waals surface area contributed by atoms with Gasteiger partial charge in [0.1, 0.15) is 24.5 Å². The Labute approximate surface area is 102 Å². The van der Waals surface area contributed by atoms with E-state index in [4.69, 9.17) is 15.2 Å². The summed E-state index contributed by atoms with van der Waals surface area (Å²) in [5.41, 5.74) is 4.83. The maximum absolute atomic E-state index is 11.5. The molecular formula is C13H19NO3. The second-order valence-corrected chi connectivity index (χ2v) is 4.07. The SMILES string of the molecule is CCC(C)(N)C(=O)OCCOc1ccccc1. The molecule has 0 aliphatic carbocycles. The molecule has 17 heavy (non-hydrogen) atoms. The number of hydrogen-bond donors (Lipinski definition) is 1. The zero-order valence-electron chi connectivity index (χ0n) is 10.3. The quantitative estimate of drug-likeness (QED) is 0.604. The van der Waals surface area contributed by atoms with E-state index in [-0.39, 0.29) is 6.61 Å². The van der Waals surface area contributed by atoms with Gasteiger partial charge in [-0.1, -0.05) is 25.1 Å². The Balaban J connectivity index is 2.23. The molecular weight excluding hydrogens is 218 g/mol. The van der Waals surface area contributed by atoms with E-state index in [2.05, 4.69) is 0 Å². The van der Waals surface area contributed by atoms with Crippen molar-refractivity contribution in [2.75, 3.05) is 13.2 Å². The summed E-state index contributed by atoms with van der Waals surface area (Å²) in [5.74, 6) is 0.367. The highest BCUT2D eigenvalue weighted by Crippen LogP contribution is 2.09. The number of carbonyl (C=O) groups excluding carboxylic acids is 1. The van der Waals surface area contributed by atoms with Crippen LogP contribution in [0.25, 0.3) is 0 Å². The van der Waals surface area contributed by atoms with Gasteiger partial charge >= 0.3 is 5.97 Å². The summed E-state index contributed by atoms with van der Waals surface area (Å²) in [6.07, 6.45) is 0.547. The summed E-state index contributed by atoms with van der Waals surface area (Å²) < 4.78 is 10.4. The first-order valence-corrected chi connectivity index (χ1v) is 5.70. The van der Waals surface area contributed by atoms with E-state index in [0.717, 1.165) is 5.75 Å². The molecule has 0 aromatic heterocycles. The highest BCUT2D eigenvalue weighted by molar-refractivity contribution is 5.79. The van der Waals surface area contributed by atoms with Crippen LogP contribution in [0.2, 0.25) is 0 Å². The minimum atomic E-state index is -0.910. The van der Waals surface area contributed by atoms with Crippen molar-refractivity contribution in [2.24, 2.45) is 5.73 Å². The van der Waals surface area contributed by atoms with Crippen molar-refractivity contribution in [1.29, 1.82) is 0 Å².